The SMILES string of the molecule is Cc1nn(C)c(OCC2CCCCO2)c1N. The number of rotatable bonds is 3. The van der Waals surface area contributed by atoms with Crippen LogP contribution in [-0.4, -0.2) is 29.1 Å². The van der Waals surface area contributed by atoms with Crippen molar-refractivity contribution in [1.29, 1.82) is 0 Å². The number of aromatic nitrogens is 2. The van der Waals surface area contributed by atoms with E-state index in [1.54, 1.807) is 4.68 Å². The molecule has 0 bridgehead atoms. The lowest BCUT2D eigenvalue weighted by Crippen LogP contribution is -2.26. The van der Waals surface area contributed by atoms with E-state index in [0.29, 0.717) is 18.2 Å². The Bertz CT molecular complexity index is 356. The van der Waals surface area contributed by atoms with Gasteiger partial charge in [-0.15, -0.1) is 0 Å². The van der Waals surface area contributed by atoms with E-state index in [4.69, 9.17) is 15.2 Å². The van der Waals surface area contributed by atoms with Crippen LogP contribution in [0.3, 0.4) is 0 Å². The summed E-state index contributed by atoms with van der Waals surface area (Å²) in [5.74, 6) is 0.645. The van der Waals surface area contributed by atoms with Gasteiger partial charge in [-0.2, -0.15) is 5.10 Å². The minimum absolute atomic E-state index is 0.198. The fraction of sp³-hybridized carbons (Fsp3) is 0.727. The number of ether oxygens (including phenoxy) is 2. The summed E-state index contributed by atoms with van der Waals surface area (Å²) in [6.45, 7) is 3.27. The zero-order valence-electron chi connectivity index (χ0n) is 9.90. The van der Waals surface area contributed by atoms with Crippen molar-refractivity contribution >= 4 is 5.69 Å². The molecule has 1 fully saturated rings. The molecule has 90 valence electrons. The molecule has 0 saturated carbocycles. The van der Waals surface area contributed by atoms with Gasteiger partial charge >= 0.3 is 0 Å². The van der Waals surface area contributed by atoms with E-state index in [1.165, 1.54) is 6.42 Å². The second kappa shape index (κ2) is 4.74. The predicted octanol–water partition coefficient (Wildman–Crippen LogP) is 1.26. The average molecular weight is 225 g/mol. The van der Waals surface area contributed by atoms with Crippen LogP contribution in [0.2, 0.25) is 0 Å². The Morgan fingerprint density at radius 1 is 1.56 bits per heavy atom. The van der Waals surface area contributed by atoms with Crippen molar-refractivity contribution in [3.63, 3.8) is 0 Å². The predicted molar refractivity (Wildman–Crippen MR) is 61.4 cm³/mol. The minimum Gasteiger partial charge on any atom is -0.474 e. The van der Waals surface area contributed by atoms with E-state index >= 15 is 0 Å². The van der Waals surface area contributed by atoms with Crippen LogP contribution >= 0.6 is 0 Å². The molecule has 1 unspecified atom stereocenters. The van der Waals surface area contributed by atoms with Gasteiger partial charge < -0.3 is 15.2 Å². The summed E-state index contributed by atoms with van der Waals surface area (Å²) < 4.78 is 12.9. The van der Waals surface area contributed by atoms with Gasteiger partial charge in [0.1, 0.15) is 12.3 Å². The van der Waals surface area contributed by atoms with Crippen LogP contribution in [0.5, 0.6) is 5.88 Å². The summed E-state index contributed by atoms with van der Waals surface area (Å²) in [4.78, 5) is 0. The van der Waals surface area contributed by atoms with Crippen LogP contribution in [0.4, 0.5) is 5.69 Å². The van der Waals surface area contributed by atoms with E-state index in [1.807, 2.05) is 14.0 Å². The maximum atomic E-state index is 5.87. The molecule has 1 atom stereocenters. The Hall–Kier alpha value is -1.23. The lowest BCUT2D eigenvalue weighted by atomic mass is 10.1. The van der Waals surface area contributed by atoms with Crippen molar-refractivity contribution in [2.45, 2.75) is 32.3 Å². The third-order valence-electron chi connectivity index (χ3n) is 2.89. The van der Waals surface area contributed by atoms with Crippen molar-refractivity contribution in [2.75, 3.05) is 18.9 Å². The first-order valence-corrected chi connectivity index (χ1v) is 5.72. The average Bonchev–Trinajstić information content (AvgIpc) is 2.53. The highest BCUT2D eigenvalue weighted by Gasteiger charge is 2.17. The van der Waals surface area contributed by atoms with Crippen molar-refractivity contribution < 1.29 is 9.47 Å². The van der Waals surface area contributed by atoms with Gasteiger partial charge in [0.05, 0.1) is 11.8 Å². The Morgan fingerprint density at radius 2 is 2.38 bits per heavy atom. The van der Waals surface area contributed by atoms with Crippen molar-refractivity contribution in [3.8, 4) is 5.88 Å². The van der Waals surface area contributed by atoms with Crippen LogP contribution in [0.1, 0.15) is 25.0 Å². The summed E-state index contributed by atoms with van der Waals surface area (Å²) in [6.07, 6.45) is 3.64. The molecule has 5 heteroatoms. The Kier molecular flexibility index (Phi) is 3.33. The number of anilines is 1. The topological polar surface area (TPSA) is 62.3 Å². The van der Waals surface area contributed by atoms with Crippen molar-refractivity contribution in [1.82, 2.24) is 9.78 Å². The summed E-state index contributed by atoms with van der Waals surface area (Å²) in [5.41, 5.74) is 7.30. The van der Waals surface area contributed by atoms with E-state index in [-0.39, 0.29) is 6.10 Å². The summed E-state index contributed by atoms with van der Waals surface area (Å²) in [6, 6.07) is 0. The van der Waals surface area contributed by atoms with Crippen LogP contribution in [0.15, 0.2) is 0 Å². The largest absolute Gasteiger partial charge is 0.474 e. The van der Waals surface area contributed by atoms with Gasteiger partial charge in [0.15, 0.2) is 0 Å². The van der Waals surface area contributed by atoms with Gasteiger partial charge in [-0.3, -0.25) is 0 Å². The molecule has 0 radical (unpaired) electrons. The fourth-order valence-electron chi connectivity index (χ4n) is 1.94. The highest BCUT2D eigenvalue weighted by molar-refractivity contribution is 5.52. The lowest BCUT2D eigenvalue weighted by Gasteiger charge is -2.22. The molecule has 1 aromatic heterocycles. The molecule has 2 heterocycles. The molecule has 0 aromatic carbocycles. The molecule has 16 heavy (non-hydrogen) atoms. The van der Waals surface area contributed by atoms with Gasteiger partial charge in [0.2, 0.25) is 5.88 Å². The summed E-state index contributed by atoms with van der Waals surface area (Å²) in [7, 11) is 1.83. The number of aryl methyl sites for hydroxylation is 2. The molecule has 1 aromatic rings. The Labute approximate surface area is 95.5 Å². The first-order valence-electron chi connectivity index (χ1n) is 5.72. The molecular formula is C11H19N3O2. The van der Waals surface area contributed by atoms with Gasteiger partial charge in [0.25, 0.3) is 0 Å². The Balaban J connectivity index is 1.93. The number of hydrogen-bond donors (Lipinski definition) is 1. The molecule has 0 amide bonds. The highest BCUT2D eigenvalue weighted by atomic mass is 16.5. The van der Waals surface area contributed by atoms with Gasteiger partial charge in [-0.05, 0) is 26.2 Å². The lowest BCUT2D eigenvalue weighted by molar-refractivity contribution is -0.0125. The summed E-state index contributed by atoms with van der Waals surface area (Å²) in [5, 5.41) is 4.20. The van der Waals surface area contributed by atoms with Crippen molar-refractivity contribution in [3.05, 3.63) is 5.69 Å². The molecular weight excluding hydrogens is 206 g/mol. The van der Waals surface area contributed by atoms with Crippen LogP contribution in [0.25, 0.3) is 0 Å². The monoisotopic (exact) mass is 225 g/mol. The molecule has 1 saturated heterocycles. The standard InChI is InChI=1S/C11H19N3O2/c1-8-10(12)11(14(2)13-8)16-7-9-5-3-4-6-15-9/h9H,3-7,12H2,1-2H3. The maximum absolute atomic E-state index is 5.87. The zero-order valence-corrected chi connectivity index (χ0v) is 9.90. The van der Waals surface area contributed by atoms with E-state index in [2.05, 4.69) is 5.10 Å². The fourth-order valence-corrected chi connectivity index (χ4v) is 1.94. The van der Waals surface area contributed by atoms with Gasteiger partial charge in [0, 0.05) is 13.7 Å². The molecule has 0 aliphatic carbocycles. The second-order valence-electron chi connectivity index (χ2n) is 4.23. The first kappa shape index (κ1) is 11.3. The Morgan fingerprint density at radius 3 is 2.94 bits per heavy atom. The van der Waals surface area contributed by atoms with Crippen LogP contribution in [0, 0.1) is 6.92 Å². The molecule has 1 aliphatic rings. The molecule has 2 N–H and O–H groups in total. The van der Waals surface area contributed by atoms with Gasteiger partial charge in [-0.25, -0.2) is 4.68 Å². The number of nitrogens with zero attached hydrogens (tertiary/aromatic N) is 2. The number of nitrogens with two attached hydrogens (primary N) is 1. The molecule has 1 aliphatic heterocycles. The first-order chi connectivity index (χ1) is 7.68. The smallest absolute Gasteiger partial charge is 0.235 e. The van der Waals surface area contributed by atoms with Crippen LogP contribution < -0.4 is 10.5 Å². The highest BCUT2D eigenvalue weighted by Crippen LogP contribution is 2.24. The maximum Gasteiger partial charge on any atom is 0.235 e. The molecule has 5 nitrogen and oxygen atoms in total. The normalized spacial score (nSPS) is 21.0. The quantitative estimate of drug-likeness (QED) is 0.841. The van der Waals surface area contributed by atoms with E-state index in [0.717, 1.165) is 25.1 Å². The van der Waals surface area contributed by atoms with E-state index in [9.17, 15) is 0 Å². The molecule has 0 spiro atoms. The summed E-state index contributed by atoms with van der Waals surface area (Å²) >= 11 is 0. The van der Waals surface area contributed by atoms with Crippen LogP contribution in [-0.2, 0) is 11.8 Å². The van der Waals surface area contributed by atoms with Gasteiger partial charge in [-0.1, -0.05) is 0 Å². The number of hydrogen-bond acceptors (Lipinski definition) is 4. The third-order valence-corrected chi connectivity index (χ3v) is 2.89. The third kappa shape index (κ3) is 2.29. The number of nitrogen functional groups attached to an aromatic ring is 1. The minimum atomic E-state index is 0.198. The molecule has 2 rings (SSSR count). The zero-order chi connectivity index (χ0) is 11.5. The second-order valence-corrected chi connectivity index (χ2v) is 4.23. The van der Waals surface area contributed by atoms with E-state index < -0.39 is 0 Å². The van der Waals surface area contributed by atoms with Crippen molar-refractivity contribution in [2.24, 2.45) is 7.05 Å².